The Morgan fingerprint density at radius 1 is 1.08 bits per heavy atom. The van der Waals surface area contributed by atoms with Crippen LogP contribution in [0.3, 0.4) is 0 Å². The lowest BCUT2D eigenvalue weighted by Gasteiger charge is -2.17. The highest BCUT2D eigenvalue weighted by molar-refractivity contribution is 6.31. The van der Waals surface area contributed by atoms with Crippen molar-refractivity contribution in [3.05, 3.63) is 86.8 Å². The number of hydrogen-bond donors (Lipinski definition) is 1. The average molecular weight is 517 g/mol. The number of anilines is 2. The SMILES string of the molecule is CNCC(=O)N1CN(C(C)=O)c2cc(Cn3ccc(OCc4ccc(F)cc4F)c(Cl)c3=O)ccc21. The lowest BCUT2D eigenvalue weighted by Crippen LogP contribution is -2.41. The fourth-order valence-corrected chi connectivity index (χ4v) is 4.12. The molecule has 1 aliphatic heterocycles. The minimum Gasteiger partial charge on any atom is -0.487 e. The molecule has 4 rings (SSSR count). The summed E-state index contributed by atoms with van der Waals surface area (Å²) in [6.07, 6.45) is 1.49. The molecule has 2 aromatic carbocycles. The zero-order valence-corrected chi connectivity index (χ0v) is 20.3. The maximum Gasteiger partial charge on any atom is 0.273 e. The fourth-order valence-electron chi connectivity index (χ4n) is 3.89. The summed E-state index contributed by atoms with van der Waals surface area (Å²) in [5, 5.41) is 2.63. The van der Waals surface area contributed by atoms with Crippen molar-refractivity contribution in [2.45, 2.75) is 20.1 Å². The zero-order chi connectivity index (χ0) is 26.0. The van der Waals surface area contributed by atoms with Crippen LogP contribution in [0.25, 0.3) is 0 Å². The number of likely N-dealkylation sites (N-methyl/N-ethyl adjacent to an activating group) is 1. The van der Waals surface area contributed by atoms with Crippen LogP contribution in [0.1, 0.15) is 18.1 Å². The van der Waals surface area contributed by atoms with Crippen LogP contribution in [0.2, 0.25) is 5.02 Å². The largest absolute Gasteiger partial charge is 0.487 e. The molecule has 36 heavy (non-hydrogen) atoms. The van der Waals surface area contributed by atoms with Crippen LogP contribution in [-0.4, -0.2) is 36.6 Å². The van der Waals surface area contributed by atoms with Gasteiger partial charge in [0, 0.05) is 24.8 Å². The van der Waals surface area contributed by atoms with E-state index in [0.717, 1.165) is 12.1 Å². The number of halogens is 3. The van der Waals surface area contributed by atoms with Gasteiger partial charge in [0.05, 0.1) is 24.5 Å². The average Bonchev–Trinajstić information content (AvgIpc) is 3.22. The number of hydrogen-bond acceptors (Lipinski definition) is 5. The van der Waals surface area contributed by atoms with Gasteiger partial charge in [-0.3, -0.25) is 24.2 Å². The molecule has 8 nitrogen and oxygen atoms in total. The highest BCUT2D eigenvalue weighted by Gasteiger charge is 2.32. The predicted octanol–water partition coefficient (Wildman–Crippen LogP) is 3.28. The van der Waals surface area contributed by atoms with E-state index in [2.05, 4.69) is 5.32 Å². The summed E-state index contributed by atoms with van der Waals surface area (Å²) in [5.41, 5.74) is 1.49. The van der Waals surface area contributed by atoms with Gasteiger partial charge in [-0.2, -0.15) is 0 Å². The monoisotopic (exact) mass is 516 g/mol. The molecular weight excluding hydrogens is 494 g/mol. The molecular formula is C25H23ClF2N4O4. The highest BCUT2D eigenvalue weighted by Crippen LogP contribution is 2.37. The molecule has 1 aromatic heterocycles. The molecule has 0 spiro atoms. The molecule has 0 bridgehead atoms. The highest BCUT2D eigenvalue weighted by atomic mass is 35.5. The Labute approximate surface area is 210 Å². The fraction of sp³-hybridized carbons (Fsp3) is 0.240. The number of amides is 2. The molecule has 2 amide bonds. The Hall–Kier alpha value is -3.76. The van der Waals surface area contributed by atoms with Crippen molar-refractivity contribution in [2.75, 3.05) is 30.1 Å². The Morgan fingerprint density at radius 3 is 2.56 bits per heavy atom. The van der Waals surface area contributed by atoms with Crippen molar-refractivity contribution in [1.29, 1.82) is 0 Å². The van der Waals surface area contributed by atoms with E-state index in [1.165, 1.54) is 39.6 Å². The van der Waals surface area contributed by atoms with Gasteiger partial charge >= 0.3 is 0 Å². The van der Waals surface area contributed by atoms with E-state index >= 15 is 0 Å². The quantitative estimate of drug-likeness (QED) is 0.521. The molecule has 3 aromatic rings. The van der Waals surface area contributed by atoms with E-state index < -0.39 is 17.2 Å². The van der Waals surface area contributed by atoms with Crippen LogP contribution >= 0.6 is 11.6 Å². The Bertz CT molecular complexity index is 1390. The lowest BCUT2D eigenvalue weighted by atomic mass is 10.1. The van der Waals surface area contributed by atoms with E-state index in [0.29, 0.717) is 16.9 Å². The second kappa shape index (κ2) is 10.5. The van der Waals surface area contributed by atoms with Crippen molar-refractivity contribution in [3.8, 4) is 5.75 Å². The first-order valence-corrected chi connectivity index (χ1v) is 11.4. The first-order valence-electron chi connectivity index (χ1n) is 11.0. The summed E-state index contributed by atoms with van der Waals surface area (Å²) in [6, 6.07) is 9.86. The molecule has 0 atom stereocenters. The molecule has 0 saturated heterocycles. The smallest absolute Gasteiger partial charge is 0.273 e. The van der Waals surface area contributed by atoms with Gasteiger partial charge in [-0.05, 0) is 42.9 Å². The number of rotatable bonds is 7. The van der Waals surface area contributed by atoms with Gasteiger partial charge in [-0.25, -0.2) is 8.78 Å². The molecule has 11 heteroatoms. The Balaban J connectivity index is 1.55. The summed E-state index contributed by atoms with van der Waals surface area (Å²) in [5.74, 6) is -1.78. The lowest BCUT2D eigenvalue weighted by molar-refractivity contribution is -0.117. The summed E-state index contributed by atoms with van der Waals surface area (Å²) < 4.78 is 33.8. The van der Waals surface area contributed by atoms with Crippen molar-refractivity contribution in [1.82, 2.24) is 9.88 Å². The zero-order valence-electron chi connectivity index (χ0n) is 19.6. The van der Waals surface area contributed by atoms with Crippen molar-refractivity contribution in [2.24, 2.45) is 0 Å². The molecule has 0 saturated carbocycles. The first-order chi connectivity index (χ1) is 17.2. The summed E-state index contributed by atoms with van der Waals surface area (Å²) in [4.78, 5) is 40.5. The second-order valence-electron chi connectivity index (χ2n) is 8.22. The maximum atomic E-state index is 13.9. The minimum atomic E-state index is -0.762. The summed E-state index contributed by atoms with van der Waals surface area (Å²) in [7, 11) is 1.67. The van der Waals surface area contributed by atoms with Gasteiger partial charge < -0.3 is 14.6 Å². The molecule has 188 valence electrons. The van der Waals surface area contributed by atoms with Gasteiger partial charge in [0.1, 0.15) is 35.7 Å². The molecule has 0 aliphatic carbocycles. The first kappa shape index (κ1) is 25.3. The number of ether oxygens (including phenoxy) is 1. The maximum absolute atomic E-state index is 13.9. The number of carbonyl (C=O) groups excluding carboxylic acids is 2. The van der Waals surface area contributed by atoms with Crippen LogP contribution in [0, 0.1) is 11.6 Å². The molecule has 0 radical (unpaired) electrons. The Morgan fingerprint density at radius 2 is 1.86 bits per heavy atom. The van der Waals surface area contributed by atoms with E-state index in [-0.39, 0.29) is 54.5 Å². The number of pyridine rings is 1. The third-order valence-electron chi connectivity index (χ3n) is 5.74. The third kappa shape index (κ3) is 5.09. The third-order valence-corrected chi connectivity index (χ3v) is 6.08. The number of nitrogens with zero attached hydrogens (tertiary/aromatic N) is 3. The number of aromatic nitrogens is 1. The summed E-state index contributed by atoms with van der Waals surface area (Å²) >= 11 is 6.22. The predicted molar refractivity (Wildman–Crippen MR) is 131 cm³/mol. The summed E-state index contributed by atoms with van der Waals surface area (Å²) in [6.45, 7) is 1.58. The molecule has 2 heterocycles. The van der Waals surface area contributed by atoms with Crippen LogP contribution in [0.4, 0.5) is 20.2 Å². The standard InChI is InChI=1S/C25H23ClF2N4O4/c1-15(33)31-14-32(23(34)11-29-2)20-6-3-16(9-21(20)31)12-30-8-7-22(24(26)25(30)35)36-13-17-4-5-18(27)10-19(17)28/h3-10,29H,11-14H2,1-2H3. The van der Waals surface area contributed by atoms with Gasteiger partial charge in [-0.15, -0.1) is 0 Å². The van der Waals surface area contributed by atoms with Crippen LogP contribution in [0.5, 0.6) is 5.75 Å². The van der Waals surface area contributed by atoms with Crippen LogP contribution in [0.15, 0.2) is 53.5 Å². The van der Waals surface area contributed by atoms with Crippen LogP contribution in [-0.2, 0) is 22.7 Å². The van der Waals surface area contributed by atoms with Gasteiger partial charge in [-0.1, -0.05) is 17.7 Å². The topological polar surface area (TPSA) is 83.9 Å². The van der Waals surface area contributed by atoms with E-state index in [9.17, 15) is 23.2 Å². The minimum absolute atomic E-state index is 0.0667. The second-order valence-corrected chi connectivity index (χ2v) is 8.59. The molecule has 0 unspecified atom stereocenters. The van der Waals surface area contributed by atoms with Crippen LogP contribution < -0.4 is 25.4 Å². The number of carbonyl (C=O) groups is 2. The van der Waals surface area contributed by atoms with Crippen molar-refractivity contribution in [3.63, 3.8) is 0 Å². The van der Waals surface area contributed by atoms with Crippen molar-refractivity contribution >= 4 is 34.8 Å². The molecule has 1 N–H and O–H groups in total. The van der Waals surface area contributed by atoms with Gasteiger partial charge in [0.2, 0.25) is 11.8 Å². The van der Waals surface area contributed by atoms with E-state index in [1.54, 1.807) is 25.2 Å². The number of fused-ring (bicyclic) bond motifs is 1. The molecule has 0 fully saturated rings. The number of benzene rings is 2. The number of nitrogens with one attached hydrogen (secondary N) is 1. The van der Waals surface area contributed by atoms with Crippen molar-refractivity contribution < 1.29 is 23.1 Å². The normalized spacial score (nSPS) is 12.6. The van der Waals surface area contributed by atoms with E-state index in [1.807, 2.05) is 0 Å². The van der Waals surface area contributed by atoms with Gasteiger partial charge in [0.15, 0.2) is 0 Å². The van der Waals surface area contributed by atoms with Gasteiger partial charge in [0.25, 0.3) is 5.56 Å². The molecule has 1 aliphatic rings. The van der Waals surface area contributed by atoms with E-state index in [4.69, 9.17) is 16.3 Å². The Kier molecular flexibility index (Phi) is 7.37.